The fourth-order valence-corrected chi connectivity index (χ4v) is 1.97. The van der Waals surface area contributed by atoms with E-state index in [0.29, 0.717) is 0 Å². The number of benzene rings is 1. The van der Waals surface area contributed by atoms with Gasteiger partial charge < -0.3 is 5.11 Å². The van der Waals surface area contributed by atoms with E-state index in [-0.39, 0.29) is 0 Å². The van der Waals surface area contributed by atoms with Crippen LogP contribution in [0.3, 0.4) is 0 Å². The summed E-state index contributed by atoms with van der Waals surface area (Å²) >= 11 is 0. The Morgan fingerprint density at radius 2 is 1.83 bits per heavy atom. The molecule has 3 rings (SSSR count). The van der Waals surface area contributed by atoms with Gasteiger partial charge in [-0.2, -0.15) is 5.10 Å². The molecule has 0 amide bonds. The zero-order valence-corrected chi connectivity index (χ0v) is 9.85. The lowest BCUT2D eigenvalue weighted by Gasteiger charge is -2.11. The Morgan fingerprint density at radius 3 is 2.56 bits per heavy atom. The van der Waals surface area contributed by atoms with Crippen molar-refractivity contribution in [2.24, 2.45) is 7.05 Å². The third-order valence-corrected chi connectivity index (χ3v) is 2.95. The fraction of sp³-hybridized carbons (Fsp3) is 0.154. The molecule has 0 fully saturated rings. The normalized spacial score (nSPS) is 12.8. The van der Waals surface area contributed by atoms with Crippen molar-refractivity contribution in [2.45, 2.75) is 6.10 Å². The van der Waals surface area contributed by atoms with E-state index in [2.05, 4.69) is 15.1 Å². The molecule has 2 aromatic heterocycles. The summed E-state index contributed by atoms with van der Waals surface area (Å²) in [5.41, 5.74) is 3.12. The number of aryl methyl sites for hydroxylation is 1. The van der Waals surface area contributed by atoms with Crippen LogP contribution in [0.1, 0.15) is 17.4 Å². The van der Waals surface area contributed by atoms with Gasteiger partial charge >= 0.3 is 0 Å². The molecule has 90 valence electrons. The van der Waals surface area contributed by atoms with Gasteiger partial charge in [-0.05, 0) is 23.8 Å². The third kappa shape index (κ3) is 1.74. The van der Waals surface area contributed by atoms with Crippen LogP contribution in [0.2, 0.25) is 0 Å². The number of aliphatic hydroxyl groups is 1. The summed E-state index contributed by atoms with van der Waals surface area (Å²) in [6.07, 6.45) is 4.26. The van der Waals surface area contributed by atoms with E-state index >= 15 is 0 Å². The average Bonchev–Trinajstić information content (AvgIpc) is 2.83. The van der Waals surface area contributed by atoms with E-state index in [1.54, 1.807) is 36.4 Å². The number of fused-ring (bicyclic) bond motifs is 1. The summed E-state index contributed by atoms with van der Waals surface area (Å²) in [5.74, 6) is 0. The highest BCUT2D eigenvalue weighted by Crippen LogP contribution is 2.23. The molecule has 0 spiro atoms. The van der Waals surface area contributed by atoms with Gasteiger partial charge in [0.1, 0.15) is 6.10 Å². The molecule has 0 saturated carbocycles. The molecule has 0 aliphatic carbocycles. The minimum absolute atomic E-state index is 0.705. The molecule has 5 heteroatoms. The number of hydrogen-bond acceptors (Lipinski definition) is 4. The van der Waals surface area contributed by atoms with Crippen molar-refractivity contribution in [3.05, 3.63) is 54.1 Å². The Hall–Kier alpha value is -2.27. The maximum atomic E-state index is 10.3. The highest BCUT2D eigenvalue weighted by Gasteiger charge is 2.14. The van der Waals surface area contributed by atoms with Gasteiger partial charge in [0.2, 0.25) is 0 Å². The Morgan fingerprint density at radius 1 is 1.06 bits per heavy atom. The zero-order valence-electron chi connectivity index (χ0n) is 9.85. The third-order valence-electron chi connectivity index (χ3n) is 2.95. The zero-order chi connectivity index (χ0) is 12.5. The molecule has 18 heavy (non-hydrogen) atoms. The monoisotopic (exact) mass is 240 g/mol. The molecule has 0 saturated heterocycles. The molecule has 5 nitrogen and oxygen atoms in total. The van der Waals surface area contributed by atoms with E-state index in [4.69, 9.17) is 0 Å². The Balaban J connectivity index is 2.07. The van der Waals surface area contributed by atoms with Crippen LogP contribution >= 0.6 is 0 Å². The summed E-state index contributed by atoms with van der Waals surface area (Å²) in [4.78, 5) is 8.43. The van der Waals surface area contributed by atoms with Gasteiger partial charge in [-0.25, -0.2) is 0 Å². The lowest BCUT2D eigenvalue weighted by atomic mass is 10.1. The quantitative estimate of drug-likeness (QED) is 0.736. The summed E-state index contributed by atoms with van der Waals surface area (Å²) in [6.45, 7) is 0. The average molecular weight is 240 g/mol. The van der Waals surface area contributed by atoms with Crippen molar-refractivity contribution >= 4 is 11.0 Å². The van der Waals surface area contributed by atoms with Crippen molar-refractivity contribution in [3.8, 4) is 0 Å². The van der Waals surface area contributed by atoms with Gasteiger partial charge in [-0.15, -0.1) is 0 Å². The number of hydrogen-bond donors (Lipinski definition) is 1. The standard InChI is InChI=1S/C13H12N4O/c1-17-12(4-5-16-17)13(18)9-2-3-10-11(8-9)15-7-6-14-10/h2-8,13,18H,1H3. The van der Waals surface area contributed by atoms with Crippen LogP contribution in [0.25, 0.3) is 11.0 Å². The number of aliphatic hydroxyl groups excluding tert-OH is 1. The van der Waals surface area contributed by atoms with Crippen LogP contribution in [0.5, 0.6) is 0 Å². The smallest absolute Gasteiger partial charge is 0.121 e. The maximum Gasteiger partial charge on any atom is 0.121 e. The lowest BCUT2D eigenvalue weighted by molar-refractivity contribution is 0.210. The Labute approximate surface area is 104 Å². The molecular formula is C13H12N4O. The molecule has 0 aliphatic rings. The molecule has 0 radical (unpaired) electrons. The van der Waals surface area contributed by atoms with Crippen molar-refractivity contribution in [1.29, 1.82) is 0 Å². The summed E-state index contributed by atoms with van der Waals surface area (Å²) in [6, 6.07) is 7.36. The fourth-order valence-electron chi connectivity index (χ4n) is 1.97. The topological polar surface area (TPSA) is 63.8 Å². The van der Waals surface area contributed by atoms with Crippen molar-refractivity contribution in [1.82, 2.24) is 19.7 Å². The number of nitrogens with zero attached hydrogens (tertiary/aromatic N) is 4. The first-order valence-electron chi connectivity index (χ1n) is 5.62. The number of rotatable bonds is 2. The van der Waals surface area contributed by atoms with E-state index in [1.165, 1.54) is 0 Å². The molecule has 3 aromatic rings. The van der Waals surface area contributed by atoms with E-state index in [9.17, 15) is 5.11 Å². The van der Waals surface area contributed by atoms with Gasteiger partial charge in [-0.1, -0.05) is 6.07 Å². The minimum atomic E-state index is -0.705. The van der Waals surface area contributed by atoms with Crippen LogP contribution in [0.4, 0.5) is 0 Å². The SMILES string of the molecule is Cn1nccc1C(O)c1ccc2nccnc2c1. The van der Waals surface area contributed by atoms with Gasteiger partial charge in [0.05, 0.1) is 16.7 Å². The summed E-state index contributed by atoms with van der Waals surface area (Å²) in [7, 11) is 1.80. The van der Waals surface area contributed by atoms with Gasteiger partial charge in [0.25, 0.3) is 0 Å². The predicted molar refractivity (Wildman–Crippen MR) is 66.8 cm³/mol. The lowest BCUT2D eigenvalue weighted by Crippen LogP contribution is -2.06. The largest absolute Gasteiger partial charge is 0.382 e. The Kier molecular flexibility index (Phi) is 2.53. The maximum absolute atomic E-state index is 10.3. The number of aromatic nitrogens is 4. The summed E-state index contributed by atoms with van der Waals surface area (Å²) in [5, 5.41) is 14.4. The molecule has 0 bridgehead atoms. The second kappa shape index (κ2) is 4.19. The molecule has 1 N–H and O–H groups in total. The summed E-state index contributed by atoms with van der Waals surface area (Å²) < 4.78 is 1.66. The molecule has 2 heterocycles. The van der Waals surface area contributed by atoms with Crippen LogP contribution in [0.15, 0.2) is 42.9 Å². The van der Waals surface area contributed by atoms with Crippen LogP contribution < -0.4 is 0 Å². The van der Waals surface area contributed by atoms with Crippen molar-refractivity contribution < 1.29 is 5.11 Å². The Bertz CT molecular complexity index is 692. The molecule has 1 aromatic carbocycles. The van der Waals surface area contributed by atoms with Gasteiger partial charge in [-0.3, -0.25) is 14.6 Å². The van der Waals surface area contributed by atoms with E-state index < -0.39 is 6.10 Å². The van der Waals surface area contributed by atoms with E-state index in [0.717, 1.165) is 22.3 Å². The van der Waals surface area contributed by atoms with Gasteiger partial charge in [0.15, 0.2) is 0 Å². The molecule has 1 unspecified atom stereocenters. The second-order valence-corrected chi connectivity index (χ2v) is 4.09. The first-order valence-corrected chi connectivity index (χ1v) is 5.62. The van der Waals surface area contributed by atoms with Crippen molar-refractivity contribution in [3.63, 3.8) is 0 Å². The van der Waals surface area contributed by atoms with Crippen LogP contribution in [0, 0.1) is 0 Å². The van der Waals surface area contributed by atoms with Crippen LogP contribution in [-0.4, -0.2) is 24.9 Å². The van der Waals surface area contributed by atoms with Crippen LogP contribution in [-0.2, 0) is 7.05 Å². The molecular weight excluding hydrogens is 228 g/mol. The molecule has 0 aliphatic heterocycles. The highest BCUT2D eigenvalue weighted by molar-refractivity contribution is 5.74. The van der Waals surface area contributed by atoms with Crippen molar-refractivity contribution in [2.75, 3.05) is 0 Å². The highest BCUT2D eigenvalue weighted by atomic mass is 16.3. The first kappa shape index (κ1) is 10.9. The first-order chi connectivity index (χ1) is 8.75. The van der Waals surface area contributed by atoms with E-state index in [1.807, 2.05) is 18.2 Å². The minimum Gasteiger partial charge on any atom is -0.382 e. The molecule has 1 atom stereocenters. The van der Waals surface area contributed by atoms with Gasteiger partial charge in [0, 0.05) is 25.6 Å². The second-order valence-electron chi connectivity index (χ2n) is 4.09. The predicted octanol–water partition coefficient (Wildman–Crippen LogP) is 1.44.